The number of pyridine rings is 1. The predicted molar refractivity (Wildman–Crippen MR) is 104 cm³/mol. The highest BCUT2D eigenvalue weighted by Crippen LogP contribution is 2.43. The van der Waals surface area contributed by atoms with Gasteiger partial charge in [0.25, 0.3) is 0 Å². The Balaban J connectivity index is 1.37. The second-order valence-electron chi connectivity index (χ2n) is 7.34. The van der Waals surface area contributed by atoms with Crippen LogP contribution in [0.1, 0.15) is 42.4 Å². The van der Waals surface area contributed by atoms with E-state index < -0.39 is 11.8 Å². The van der Waals surface area contributed by atoms with Crippen LogP contribution in [0, 0.1) is 0 Å². The first kappa shape index (κ1) is 16.9. The highest BCUT2D eigenvalue weighted by Gasteiger charge is 2.41. The van der Waals surface area contributed by atoms with Crippen LogP contribution in [0.25, 0.3) is 11.0 Å². The Bertz CT molecular complexity index is 1080. The van der Waals surface area contributed by atoms with Crippen LogP contribution in [0.3, 0.4) is 0 Å². The number of aromatic amines is 2. The van der Waals surface area contributed by atoms with Gasteiger partial charge in [-0.1, -0.05) is 0 Å². The summed E-state index contributed by atoms with van der Waals surface area (Å²) in [5.74, 6) is 0.422. The van der Waals surface area contributed by atoms with Crippen molar-refractivity contribution in [3.05, 3.63) is 59.8 Å². The number of fused-ring (bicyclic) bond motifs is 1. The number of guanidine groups is 1. The van der Waals surface area contributed by atoms with Crippen LogP contribution < -0.4 is 16.4 Å². The third-order valence-corrected chi connectivity index (χ3v) is 5.20. The molecular weight excluding hydrogens is 359 g/mol. The highest BCUT2D eigenvalue weighted by molar-refractivity contribution is 5.83. The number of aliphatic imine (C=N–C) groups is 1. The third-order valence-electron chi connectivity index (χ3n) is 5.20. The van der Waals surface area contributed by atoms with Gasteiger partial charge in [-0.3, -0.25) is 5.10 Å². The number of halogens is 1. The molecule has 9 heteroatoms. The Morgan fingerprint density at radius 1 is 1.36 bits per heavy atom. The van der Waals surface area contributed by atoms with Crippen LogP contribution in [0.15, 0.2) is 47.7 Å². The molecule has 28 heavy (non-hydrogen) atoms. The topological polar surface area (TPSA) is 120 Å². The average molecular weight is 380 g/mol. The maximum atomic E-state index is 13.3. The fourth-order valence-corrected chi connectivity index (χ4v) is 3.41. The van der Waals surface area contributed by atoms with Gasteiger partial charge < -0.3 is 21.4 Å². The summed E-state index contributed by atoms with van der Waals surface area (Å²) in [7, 11) is 0. The minimum absolute atomic E-state index is 0.0990. The highest BCUT2D eigenvalue weighted by atomic mass is 19.1. The quantitative estimate of drug-likeness (QED) is 0.474. The first-order valence-corrected chi connectivity index (χ1v) is 9.25. The summed E-state index contributed by atoms with van der Waals surface area (Å²) in [6, 6.07) is 7.50. The van der Waals surface area contributed by atoms with Crippen molar-refractivity contribution in [2.45, 2.75) is 37.1 Å². The zero-order valence-corrected chi connectivity index (χ0v) is 15.3. The van der Waals surface area contributed by atoms with Crippen molar-refractivity contribution in [1.82, 2.24) is 30.8 Å². The molecule has 3 aromatic heterocycles. The lowest BCUT2D eigenvalue weighted by Gasteiger charge is -2.31. The first-order chi connectivity index (χ1) is 13.5. The summed E-state index contributed by atoms with van der Waals surface area (Å²) in [6.45, 7) is 1.97. The van der Waals surface area contributed by atoms with E-state index in [1.54, 1.807) is 12.3 Å². The molecule has 1 unspecified atom stereocenters. The predicted octanol–water partition coefficient (Wildman–Crippen LogP) is 2.05. The van der Waals surface area contributed by atoms with Gasteiger partial charge in [0.2, 0.25) is 0 Å². The number of H-pyrrole nitrogens is 2. The Labute approximate surface area is 160 Å². The molecule has 3 aromatic rings. The number of nitrogens with one attached hydrogen (secondary N) is 4. The Morgan fingerprint density at radius 2 is 2.21 bits per heavy atom. The molecule has 0 spiro atoms. The molecule has 0 bridgehead atoms. The van der Waals surface area contributed by atoms with Crippen molar-refractivity contribution in [2.24, 2.45) is 10.7 Å². The van der Waals surface area contributed by atoms with Crippen LogP contribution in [-0.4, -0.2) is 32.3 Å². The van der Waals surface area contributed by atoms with Crippen LogP contribution in [0.5, 0.6) is 0 Å². The van der Waals surface area contributed by atoms with E-state index in [0.717, 1.165) is 22.4 Å². The number of hydrogen-bond donors (Lipinski definition) is 5. The molecule has 0 saturated heterocycles. The average Bonchev–Trinajstić information content (AvgIpc) is 3.10. The van der Waals surface area contributed by atoms with Crippen LogP contribution in [-0.2, 0) is 5.66 Å². The lowest BCUT2D eigenvalue weighted by Crippen LogP contribution is -2.57. The molecule has 0 amide bonds. The van der Waals surface area contributed by atoms with Crippen LogP contribution in [0.2, 0.25) is 0 Å². The minimum atomic E-state index is -1.03. The largest absolute Gasteiger partial charge is 0.360 e. The summed E-state index contributed by atoms with van der Waals surface area (Å²) in [4.78, 5) is 12.4. The molecule has 6 N–H and O–H groups in total. The summed E-state index contributed by atoms with van der Waals surface area (Å²) < 4.78 is 13.3. The van der Waals surface area contributed by atoms with Crippen molar-refractivity contribution >= 4 is 17.0 Å². The van der Waals surface area contributed by atoms with Crippen LogP contribution >= 0.6 is 0 Å². The van der Waals surface area contributed by atoms with Gasteiger partial charge in [-0.05, 0) is 43.7 Å². The van der Waals surface area contributed by atoms with Gasteiger partial charge in [-0.2, -0.15) is 5.10 Å². The zero-order chi connectivity index (χ0) is 19.3. The lowest BCUT2D eigenvalue weighted by molar-refractivity contribution is 0.466. The Hall–Kier alpha value is -3.20. The SMILES string of the molecule is C[C@H](N=C1NC=CC(N)(c2cc([C@@H]3C[C@@H]3F)[nH]n2)N1)c1ccc2[nH]ccc2n1. The zero-order valence-electron chi connectivity index (χ0n) is 15.3. The fourth-order valence-electron chi connectivity index (χ4n) is 3.41. The van der Waals surface area contributed by atoms with E-state index in [-0.39, 0.29) is 12.0 Å². The van der Waals surface area contributed by atoms with Gasteiger partial charge in [-0.25, -0.2) is 14.4 Å². The van der Waals surface area contributed by atoms with E-state index in [4.69, 9.17) is 5.73 Å². The third kappa shape index (κ3) is 2.93. The lowest BCUT2D eigenvalue weighted by atomic mass is 10.1. The Kier molecular flexibility index (Phi) is 3.73. The second-order valence-corrected chi connectivity index (χ2v) is 7.34. The molecule has 0 aromatic carbocycles. The monoisotopic (exact) mass is 380 g/mol. The molecule has 8 nitrogen and oxygen atoms in total. The molecule has 0 radical (unpaired) electrons. The fraction of sp³-hybridized carbons (Fsp3) is 0.316. The molecule has 1 saturated carbocycles. The molecule has 4 heterocycles. The number of alkyl halides is 1. The van der Waals surface area contributed by atoms with Gasteiger partial charge in [-0.15, -0.1) is 0 Å². The molecule has 4 atom stereocenters. The molecular formula is C19H21FN8. The van der Waals surface area contributed by atoms with E-state index >= 15 is 0 Å². The van der Waals surface area contributed by atoms with Gasteiger partial charge in [0.05, 0.1) is 22.8 Å². The first-order valence-electron chi connectivity index (χ1n) is 9.25. The van der Waals surface area contributed by atoms with Gasteiger partial charge in [0.15, 0.2) is 11.6 Å². The van der Waals surface area contributed by atoms with Crippen molar-refractivity contribution in [3.63, 3.8) is 0 Å². The van der Waals surface area contributed by atoms with E-state index in [1.165, 1.54) is 0 Å². The summed E-state index contributed by atoms with van der Waals surface area (Å²) in [5.41, 5.74) is 9.57. The van der Waals surface area contributed by atoms with E-state index in [2.05, 4.69) is 35.8 Å². The number of aromatic nitrogens is 4. The van der Waals surface area contributed by atoms with E-state index in [0.29, 0.717) is 18.1 Å². The standard InChI is InChI=1S/C19H21FN8/c1-10(13-2-3-14-15(25-13)4-6-22-14)24-18-23-7-5-19(21,26-18)17-9-16(27-28-17)11-8-12(11)20/h2-7,9-12,22H,8,21H2,1H3,(H,27,28)(H2,23,24,26)/t10-,11+,12-,19?/m0/s1. The van der Waals surface area contributed by atoms with Crippen molar-refractivity contribution in [1.29, 1.82) is 0 Å². The molecule has 5 rings (SSSR count). The number of hydrogen-bond acceptors (Lipinski definition) is 4. The maximum absolute atomic E-state index is 13.3. The Morgan fingerprint density at radius 3 is 3.04 bits per heavy atom. The summed E-state index contributed by atoms with van der Waals surface area (Å²) >= 11 is 0. The van der Waals surface area contributed by atoms with Gasteiger partial charge >= 0.3 is 0 Å². The van der Waals surface area contributed by atoms with Gasteiger partial charge in [0.1, 0.15) is 11.9 Å². The van der Waals surface area contributed by atoms with Crippen molar-refractivity contribution in [3.8, 4) is 0 Å². The number of nitrogens with zero attached hydrogens (tertiary/aromatic N) is 3. The van der Waals surface area contributed by atoms with Crippen LogP contribution in [0.4, 0.5) is 4.39 Å². The smallest absolute Gasteiger partial charge is 0.197 e. The van der Waals surface area contributed by atoms with Crippen molar-refractivity contribution in [2.75, 3.05) is 0 Å². The molecule has 1 fully saturated rings. The maximum Gasteiger partial charge on any atom is 0.197 e. The summed E-state index contributed by atoms with van der Waals surface area (Å²) in [5, 5.41) is 13.4. The molecule has 2 aliphatic rings. The number of nitrogens with two attached hydrogens (primary N) is 1. The number of rotatable bonds is 4. The second kappa shape index (κ2) is 6.16. The van der Waals surface area contributed by atoms with Crippen molar-refractivity contribution < 1.29 is 4.39 Å². The molecule has 1 aliphatic heterocycles. The summed E-state index contributed by atoms with van der Waals surface area (Å²) in [6.07, 6.45) is 5.10. The van der Waals surface area contributed by atoms with E-state index in [9.17, 15) is 4.39 Å². The van der Waals surface area contributed by atoms with E-state index in [1.807, 2.05) is 37.4 Å². The van der Waals surface area contributed by atoms with Gasteiger partial charge in [0, 0.05) is 24.0 Å². The minimum Gasteiger partial charge on any atom is -0.360 e. The molecule has 1 aliphatic carbocycles. The molecule has 144 valence electrons. The normalized spacial score (nSPS) is 28.9.